The maximum Gasteiger partial charge on any atom is 0.353 e. The zero-order chi connectivity index (χ0) is 19.1. The van der Waals surface area contributed by atoms with E-state index in [0.29, 0.717) is 23.5 Å². The largest absolute Gasteiger partial charge is 0.361 e. The lowest BCUT2D eigenvalue weighted by Crippen LogP contribution is -2.33. The molecule has 1 aromatic rings. The van der Waals surface area contributed by atoms with Crippen LogP contribution in [0.3, 0.4) is 0 Å². The van der Waals surface area contributed by atoms with Crippen molar-refractivity contribution in [3.05, 3.63) is 16.4 Å². The van der Waals surface area contributed by atoms with E-state index in [0.717, 1.165) is 38.8 Å². The van der Waals surface area contributed by atoms with Gasteiger partial charge in [0, 0.05) is 19.1 Å². The van der Waals surface area contributed by atoms with E-state index in [2.05, 4.69) is 43.0 Å². The second kappa shape index (κ2) is 9.69. The highest BCUT2D eigenvalue weighted by molar-refractivity contribution is 5.70. The van der Waals surface area contributed by atoms with Crippen molar-refractivity contribution in [1.29, 1.82) is 0 Å². The Kier molecular flexibility index (Phi) is 7.60. The van der Waals surface area contributed by atoms with Crippen LogP contribution >= 0.6 is 0 Å². The van der Waals surface area contributed by atoms with Gasteiger partial charge in [0.25, 0.3) is 0 Å². The zero-order valence-corrected chi connectivity index (χ0v) is 16.6. The molecule has 0 unspecified atom stereocenters. The van der Waals surface area contributed by atoms with E-state index in [4.69, 9.17) is 0 Å². The van der Waals surface area contributed by atoms with Gasteiger partial charge in [-0.15, -0.1) is 0 Å². The molecule has 0 atom stereocenters. The molecule has 0 spiro atoms. The standard InChI is InChI=1S/C19H33N5O2/c1-14(2)11-23(12-15(3)4)19-17(24(25)26)18(20-13-21-19)22-16-9-7-5-6-8-10-16/h13-16H,5-12H2,1-4H3,(H,20,21,22). The molecule has 1 heterocycles. The van der Waals surface area contributed by atoms with E-state index >= 15 is 0 Å². The average Bonchev–Trinajstić information content (AvgIpc) is 2.81. The number of nitro groups is 1. The van der Waals surface area contributed by atoms with Gasteiger partial charge in [0.1, 0.15) is 6.33 Å². The maximum atomic E-state index is 11.9. The Labute approximate surface area is 156 Å². The van der Waals surface area contributed by atoms with Crippen LogP contribution in [0, 0.1) is 22.0 Å². The minimum absolute atomic E-state index is 0.0121. The van der Waals surface area contributed by atoms with E-state index in [1.807, 2.05) is 4.90 Å². The molecule has 0 radical (unpaired) electrons. The smallest absolute Gasteiger partial charge is 0.353 e. The fourth-order valence-electron chi connectivity index (χ4n) is 3.62. The van der Waals surface area contributed by atoms with Crippen molar-refractivity contribution in [1.82, 2.24) is 9.97 Å². The third-order valence-corrected chi connectivity index (χ3v) is 4.65. The lowest BCUT2D eigenvalue weighted by molar-refractivity contribution is -0.383. The highest BCUT2D eigenvalue weighted by Gasteiger charge is 2.29. The second-order valence-electron chi connectivity index (χ2n) is 8.18. The molecule has 1 aliphatic rings. The summed E-state index contributed by atoms with van der Waals surface area (Å²) in [5, 5.41) is 15.2. The third kappa shape index (κ3) is 5.81. The minimum Gasteiger partial charge on any atom is -0.361 e. The Morgan fingerprint density at radius 3 is 2.19 bits per heavy atom. The van der Waals surface area contributed by atoms with Gasteiger partial charge in [-0.2, -0.15) is 0 Å². The maximum absolute atomic E-state index is 11.9. The zero-order valence-electron chi connectivity index (χ0n) is 16.6. The van der Waals surface area contributed by atoms with Gasteiger partial charge in [0.15, 0.2) is 0 Å². The van der Waals surface area contributed by atoms with Gasteiger partial charge in [-0.05, 0) is 24.7 Å². The van der Waals surface area contributed by atoms with Crippen molar-refractivity contribution in [3.63, 3.8) is 0 Å². The third-order valence-electron chi connectivity index (χ3n) is 4.65. The predicted octanol–water partition coefficient (Wildman–Crippen LogP) is 4.64. The first-order chi connectivity index (χ1) is 12.4. The molecule has 1 saturated carbocycles. The first-order valence-corrected chi connectivity index (χ1v) is 9.89. The summed E-state index contributed by atoms with van der Waals surface area (Å²) in [5.41, 5.74) is 0.0121. The summed E-state index contributed by atoms with van der Waals surface area (Å²) in [6, 6.07) is 0.252. The number of aromatic nitrogens is 2. The molecule has 0 aliphatic heterocycles. The quantitative estimate of drug-likeness (QED) is 0.411. The molecule has 0 amide bonds. The lowest BCUT2D eigenvalue weighted by atomic mass is 10.1. The Morgan fingerprint density at radius 2 is 1.69 bits per heavy atom. The van der Waals surface area contributed by atoms with Gasteiger partial charge in [-0.3, -0.25) is 10.1 Å². The van der Waals surface area contributed by atoms with Crippen LogP contribution in [-0.4, -0.2) is 34.0 Å². The summed E-state index contributed by atoms with van der Waals surface area (Å²) in [6.07, 6.45) is 8.34. The molecule has 146 valence electrons. The first-order valence-electron chi connectivity index (χ1n) is 9.89. The van der Waals surface area contributed by atoms with E-state index in [1.165, 1.54) is 19.2 Å². The van der Waals surface area contributed by atoms with Gasteiger partial charge >= 0.3 is 5.69 Å². The van der Waals surface area contributed by atoms with Crippen LogP contribution in [-0.2, 0) is 0 Å². The van der Waals surface area contributed by atoms with Crippen molar-refractivity contribution < 1.29 is 4.92 Å². The van der Waals surface area contributed by atoms with Crippen molar-refractivity contribution in [2.75, 3.05) is 23.3 Å². The van der Waals surface area contributed by atoms with Gasteiger partial charge in [0.05, 0.1) is 4.92 Å². The molecule has 1 aromatic heterocycles. The Morgan fingerprint density at radius 1 is 1.12 bits per heavy atom. The molecule has 0 aromatic carbocycles. The van der Waals surface area contributed by atoms with Gasteiger partial charge < -0.3 is 10.2 Å². The normalized spacial score (nSPS) is 15.9. The van der Waals surface area contributed by atoms with Crippen LogP contribution in [0.2, 0.25) is 0 Å². The van der Waals surface area contributed by atoms with Crippen LogP contribution in [0.15, 0.2) is 6.33 Å². The number of nitrogens with one attached hydrogen (secondary N) is 1. The van der Waals surface area contributed by atoms with Crippen molar-refractivity contribution in [2.45, 2.75) is 72.3 Å². The van der Waals surface area contributed by atoms with Crippen LogP contribution in [0.1, 0.15) is 66.2 Å². The number of nitrogens with zero attached hydrogens (tertiary/aromatic N) is 4. The number of hydrogen-bond donors (Lipinski definition) is 1. The summed E-state index contributed by atoms with van der Waals surface area (Å²) in [5.74, 6) is 1.58. The van der Waals surface area contributed by atoms with Crippen LogP contribution in [0.4, 0.5) is 17.3 Å². The van der Waals surface area contributed by atoms with Gasteiger partial charge in [-0.25, -0.2) is 9.97 Å². The van der Waals surface area contributed by atoms with Gasteiger partial charge in [0.2, 0.25) is 11.6 Å². The monoisotopic (exact) mass is 363 g/mol. The molecule has 1 aliphatic carbocycles. The molecular weight excluding hydrogens is 330 g/mol. The molecule has 26 heavy (non-hydrogen) atoms. The van der Waals surface area contributed by atoms with Gasteiger partial charge in [-0.1, -0.05) is 53.4 Å². The summed E-state index contributed by atoms with van der Waals surface area (Å²) in [7, 11) is 0. The SMILES string of the molecule is CC(C)CN(CC(C)C)c1ncnc(NC2CCCCCC2)c1[N+](=O)[O-]. The topological polar surface area (TPSA) is 84.2 Å². The number of anilines is 2. The van der Waals surface area contributed by atoms with E-state index in [1.54, 1.807) is 0 Å². The minimum atomic E-state index is -0.331. The summed E-state index contributed by atoms with van der Waals surface area (Å²) < 4.78 is 0. The van der Waals surface area contributed by atoms with E-state index in [9.17, 15) is 10.1 Å². The number of rotatable bonds is 8. The van der Waals surface area contributed by atoms with Crippen molar-refractivity contribution in [2.24, 2.45) is 11.8 Å². The Hall–Kier alpha value is -1.92. The molecule has 1 N–H and O–H groups in total. The Bertz CT molecular complexity index is 573. The first kappa shape index (κ1) is 20.4. The molecule has 7 nitrogen and oxygen atoms in total. The molecule has 7 heteroatoms. The van der Waals surface area contributed by atoms with E-state index < -0.39 is 0 Å². The highest BCUT2D eigenvalue weighted by atomic mass is 16.6. The predicted molar refractivity (Wildman–Crippen MR) is 106 cm³/mol. The highest BCUT2D eigenvalue weighted by Crippen LogP contribution is 2.34. The molecule has 1 fully saturated rings. The summed E-state index contributed by atoms with van der Waals surface area (Å²) in [4.78, 5) is 22.1. The molecule has 2 rings (SSSR count). The van der Waals surface area contributed by atoms with Crippen molar-refractivity contribution >= 4 is 17.3 Å². The Balaban J connectivity index is 2.34. The van der Waals surface area contributed by atoms with E-state index in [-0.39, 0.29) is 16.7 Å². The lowest BCUT2D eigenvalue weighted by Gasteiger charge is -2.27. The summed E-state index contributed by atoms with van der Waals surface area (Å²) in [6.45, 7) is 9.93. The second-order valence-corrected chi connectivity index (χ2v) is 8.18. The van der Waals surface area contributed by atoms with Crippen LogP contribution in [0.5, 0.6) is 0 Å². The molecule has 0 bridgehead atoms. The summed E-state index contributed by atoms with van der Waals surface area (Å²) >= 11 is 0. The average molecular weight is 364 g/mol. The molecular formula is C19H33N5O2. The van der Waals surface area contributed by atoms with Crippen LogP contribution < -0.4 is 10.2 Å². The number of hydrogen-bond acceptors (Lipinski definition) is 6. The molecule has 0 saturated heterocycles. The van der Waals surface area contributed by atoms with Crippen LogP contribution in [0.25, 0.3) is 0 Å². The fourth-order valence-corrected chi connectivity index (χ4v) is 3.62. The van der Waals surface area contributed by atoms with Crippen molar-refractivity contribution in [3.8, 4) is 0 Å². The fraction of sp³-hybridized carbons (Fsp3) is 0.789.